The summed E-state index contributed by atoms with van der Waals surface area (Å²) in [5, 5.41) is 17.7. The third-order valence-electron chi connectivity index (χ3n) is 3.70. The Kier molecular flexibility index (Phi) is 4.84. The number of carbonyl (C=O) groups is 1. The summed E-state index contributed by atoms with van der Waals surface area (Å²) in [6.07, 6.45) is 3.63. The van der Waals surface area contributed by atoms with E-state index in [1.54, 1.807) is 12.3 Å². The highest BCUT2D eigenvalue weighted by atomic mass is 16.6. The average molecular weight is 336 g/mol. The molecule has 0 aliphatic heterocycles. The van der Waals surface area contributed by atoms with E-state index < -0.39 is 4.92 Å². The minimum atomic E-state index is -0.519. The zero-order valence-electron chi connectivity index (χ0n) is 13.3. The molecule has 0 saturated heterocycles. The van der Waals surface area contributed by atoms with Gasteiger partial charge in [-0.15, -0.1) is 0 Å². The van der Waals surface area contributed by atoms with Gasteiger partial charge in [0.15, 0.2) is 0 Å². The number of nitrogens with zero attached hydrogens (tertiary/aromatic N) is 3. The van der Waals surface area contributed by atoms with Crippen molar-refractivity contribution >= 4 is 11.6 Å². The minimum Gasteiger partial charge on any atom is -0.348 e. The number of aromatic nitrogens is 2. The van der Waals surface area contributed by atoms with Crippen molar-refractivity contribution in [3.63, 3.8) is 0 Å². The van der Waals surface area contributed by atoms with Gasteiger partial charge in [-0.05, 0) is 23.3 Å². The number of nitro benzene ring substituents is 1. The normalized spacial score (nSPS) is 10.4. The standard InChI is InChI=1S/C18H16N4O3/c23-18(16-3-1-4-17(11-16)22(24)25)19-12-14-5-7-15(8-6-14)13-21-10-2-9-20-21/h1-11H,12-13H2,(H,19,23). The van der Waals surface area contributed by atoms with Gasteiger partial charge in [0.05, 0.1) is 11.5 Å². The SMILES string of the molecule is O=C(NCc1ccc(Cn2cccn2)cc1)c1cccc([N+](=O)[O-])c1. The maximum atomic E-state index is 12.1. The molecule has 126 valence electrons. The number of carbonyl (C=O) groups excluding carboxylic acids is 1. The summed E-state index contributed by atoms with van der Waals surface area (Å²) in [5.74, 6) is -0.343. The van der Waals surface area contributed by atoms with Crippen LogP contribution in [-0.2, 0) is 13.1 Å². The number of benzene rings is 2. The second-order valence-corrected chi connectivity index (χ2v) is 5.51. The van der Waals surface area contributed by atoms with Crippen LogP contribution < -0.4 is 5.32 Å². The Morgan fingerprint density at radius 1 is 1.12 bits per heavy atom. The number of non-ortho nitro benzene ring substituents is 1. The average Bonchev–Trinajstić information content (AvgIpc) is 3.14. The molecule has 1 heterocycles. The predicted molar refractivity (Wildman–Crippen MR) is 92.0 cm³/mol. The number of nitro groups is 1. The predicted octanol–water partition coefficient (Wildman–Crippen LogP) is 2.77. The van der Waals surface area contributed by atoms with E-state index in [-0.39, 0.29) is 17.2 Å². The fourth-order valence-corrected chi connectivity index (χ4v) is 2.39. The number of nitrogens with one attached hydrogen (secondary N) is 1. The summed E-state index contributed by atoms with van der Waals surface area (Å²) in [4.78, 5) is 22.4. The summed E-state index contributed by atoms with van der Waals surface area (Å²) in [5.41, 5.74) is 2.22. The molecule has 0 aliphatic carbocycles. The van der Waals surface area contributed by atoms with Crippen molar-refractivity contribution in [1.29, 1.82) is 0 Å². The quantitative estimate of drug-likeness (QED) is 0.553. The third kappa shape index (κ3) is 4.29. The molecule has 7 heteroatoms. The highest BCUT2D eigenvalue weighted by molar-refractivity contribution is 5.94. The van der Waals surface area contributed by atoms with E-state index in [0.717, 1.165) is 11.1 Å². The molecule has 1 amide bonds. The van der Waals surface area contributed by atoms with Crippen molar-refractivity contribution in [3.8, 4) is 0 Å². The Morgan fingerprint density at radius 3 is 2.56 bits per heavy atom. The van der Waals surface area contributed by atoms with Gasteiger partial charge in [0.1, 0.15) is 0 Å². The Balaban J connectivity index is 1.58. The number of amides is 1. The zero-order chi connectivity index (χ0) is 17.6. The molecule has 0 saturated carbocycles. The lowest BCUT2D eigenvalue weighted by atomic mass is 10.1. The Hall–Kier alpha value is -3.48. The molecule has 1 N–H and O–H groups in total. The topological polar surface area (TPSA) is 90.1 Å². The maximum absolute atomic E-state index is 12.1. The molecule has 7 nitrogen and oxygen atoms in total. The molecule has 0 atom stereocenters. The van der Waals surface area contributed by atoms with Gasteiger partial charge in [0, 0.05) is 36.6 Å². The van der Waals surface area contributed by atoms with Crippen molar-refractivity contribution in [2.45, 2.75) is 13.1 Å². The first-order chi connectivity index (χ1) is 12.1. The Morgan fingerprint density at radius 2 is 1.88 bits per heavy atom. The molecule has 2 aromatic carbocycles. The molecular formula is C18H16N4O3. The minimum absolute atomic E-state index is 0.101. The van der Waals surface area contributed by atoms with Gasteiger partial charge in [-0.1, -0.05) is 30.3 Å². The number of hydrogen-bond donors (Lipinski definition) is 1. The third-order valence-corrected chi connectivity index (χ3v) is 3.70. The van der Waals surface area contributed by atoms with Crippen LogP contribution in [-0.4, -0.2) is 20.6 Å². The van der Waals surface area contributed by atoms with Crippen LogP contribution >= 0.6 is 0 Å². The van der Waals surface area contributed by atoms with Crippen LogP contribution in [0.15, 0.2) is 67.0 Å². The van der Waals surface area contributed by atoms with Crippen LogP contribution in [0.2, 0.25) is 0 Å². The number of hydrogen-bond acceptors (Lipinski definition) is 4. The monoisotopic (exact) mass is 336 g/mol. The van der Waals surface area contributed by atoms with Crippen molar-refractivity contribution in [3.05, 3.63) is 93.8 Å². The van der Waals surface area contributed by atoms with E-state index >= 15 is 0 Å². The van der Waals surface area contributed by atoms with Gasteiger partial charge < -0.3 is 5.32 Å². The molecular weight excluding hydrogens is 320 g/mol. The first-order valence-electron chi connectivity index (χ1n) is 7.70. The summed E-state index contributed by atoms with van der Waals surface area (Å²) < 4.78 is 1.83. The number of rotatable bonds is 6. The van der Waals surface area contributed by atoms with Gasteiger partial charge in [0.2, 0.25) is 0 Å². The lowest BCUT2D eigenvalue weighted by molar-refractivity contribution is -0.384. The molecule has 1 aromatic heterocycles. The summed E-state index contributed by atoms with van der Waals surface area (Å²) in [7, 11) is 0. The van der Waals surface area contributed by atoms with Crippen molar-refractivity contribution in [2.24, 2.45) is 0 Å². The van der Waals surface area contributed by atoms with Gasteiger partial charge >= 0.3 is 0 Å². The molecule has 0 bridgehead atoms. The fourth-order valence-electron chi connectivity index (χ4n) is 2.39. The Labute approximate surface area is 144 Å². The van der Waals surface area contributed by atoms with Crippen LogP contribution in [0.4, 0.5) is 5.69 Å². The Bertz CT molecular complexity index is 874. The van der Waals surface area contributed by atoms with E-state index in [1.165, 1.54) is 18.2 Å². The van der Waals surface area contributed by atoms with Crippen LogP contribution in [0.5, 0.6) is 0 Å². The summed E-state index contributed by atoms with van der Waals surface area (Å²) in [6.45, 7) is 1.04. The highest BCUT2D eigenvalue weighted by Gasteiger charge is 2.11. The second kappa shape index (κ2) is 7.39. The second-order valence-electron chi connectivity index (χ2n) is 5.51. The molecule has 0 radical (unpaired) electrons. The first kappa shape index (κ1) is 16.4. The van der Waals surface area contributed by atoms with E-state index in [0.29, 0.717) is 13.1 Å². The summed E-state index contributed by atoms with van der Waals surface area (Å²) >= 11 is 0. The fraction of sp³-hybridized carbons (Fsp3) is 0.111. The maximum Gasteiger partial charge on any atom is 0.270 e. The van der Waals surface area contributed by atoms with Crippen molar-refractivity contribution in [1.82, 2.24) is 15.1 Å². The lowest BCUT2D eigenvalue weighted by Crippen LogP contribution is -2.22. The van der Waals surface area contributed by atoms with E-state index in [4.69, 9.17) is 0 Å². The molecule has 25 heavy (non-hydrogen) atoms. The molecule has 0 fully saturated rings. The molecule has 3 aromatic rings. The van der Waals surface area contributed by atoms with Crippen molar-refractivity contribution < 1.29 is 9.72 Å². The van der Waals surface area contributed by atoms with Crippen LogP contribution in [0.3, 0.4) is 0 Å². The van der Waals surface area contributed by atoms with Gasteiger partial charge in [-0.2, -0.15) is 5.10 Å². The van der Waals surface area contributed by atoms with E-state index in [2.05, 4.69) is 10.4 Å². The van der Waals surface area contributed by atoms with Gasteiger partial charge in [-0.25, -0.2) is 0 Å². The lowest BCUT2D eigenvalue weighted by Gasteiger charge is -2.07. The van der Waals surface area contributed by atoms with E-state index in [1.807, 2.05) is 41.2 Å². The molecule has 3 rings (SSSR count). The van der Waals surface area contributed by atoms with Crippen molar-refractivity contribution in [2.75, 3.05) is 0 Å². The highest BCUT2D eigenvalue weighted by Crippen LogP contribution is 2.13. The molecule has 0 unspecified atom stereocenters. The van der Waals surface area contributed by atoms with Gasteiger partial charge in [0.25, 0.3) is 11.6 Å². The largest absolute Gasteiger partial charge is 0.348 e. The summed E-state index contributed by atoms with van der Waals surface area (Å²) in [6, 6.07) is 15.4. The molecule has 0 spiro atoms. The van der Waals surface area contributed by atoms with Crippen LogP contribution in [0.25, 0.3) is 0 Å². The zero-order valence-corrected chi connectivity index (χ0v) is 13.3. The van der Waals surface area contributed by atoms with Crippen LogP contribution in [0.1, 0.15) is 21.5 Å². The van der Waals surface area contributed by atoms with Crippen LogP contribution in [0, 0.1) is 10.1 Å². The first-order valence-corrected chi connectivity index (χ1v) is 7.70. The molecule has 0 aliphatic rings. The van der Waals surface area contributed by atoms with Gasteiger partial charge in [-0.3, -0.25) is 19.6 Å². The van der Waals surface area contributed by atoms with E-state index in [9.17, 15) is 14.9 Å². The smallest absolute Gasteiger partial charge is 0.270 e.